The molecule has 0 N–H and O–H groups in total. The zero-order valence-corrected chi connectivity index (χ0v) is 21.8. The number of benzene rings is 1. The Balaban J connectivity index is 1.46. The SMILES string of the molecule is CCCCCC12CCC(C(=O)Oc3ccc(C4CCC(CCC)CC4)c(C#N)c3C#N)(CC1)CC2. The van der Waals surface area contributed by atoms with Crippen molar-refractivity contribution in [1.29, 1.82) is 10.5 Å². The molecule has 1 aromatic rings. The molecule has 0 radical (unpaired) electrons. The van der Waals surface area contributed by atoms with Gasteiger partial charge in [-0.05, 0) is 99.5 Å². The minimum Gasteiger partial charge on any atom is -0.425 e. The third kappa shape index (κ3) is 5.28. The summed E-state index contributed by atoms with van der Waals surface area (Å²) in [6.07, 6.45) is 18.1. The highest BCUT2D eigenvalue weighted by Crippen LogP contribution is 2.59. The van der Waals surface area contributed by atoms with Gasteiger partial charge in [0.1, 0.15) is 23.5 Å². The fourth-order valence-electron chi connectivity index (χ4n) is 7.33. The number of esters is 1. The molecule has 5 rings (SSSR count). The first-order chi connectivity index (χ1) is 17.0. The number of fused-ring (bicyclic) bond motifs is 3. The minimum absolute atomic E-state index is 0.187. The van der Waals surface area contributed by atoms with Gasteiger partial charge in [-0.3, -0.25) is 4.79 Å². The summed E-state index contributed by atoms with van der Waals surface area (Å²) in [5, 5.41) is 19.9. The molecular weight excluding hydrogens is 432 g/mol. The lowest BCUT2D eigenvalue weighted by atomic mass is 9.52. The molecule has 0 atom stereocenters. The third-order valence-corrected chi connectivity index (χ3v) is 9.75. The lowest BCUT2D eigenvalue weighted by Crippen LogP contribution is -2.47. The second kappa shape index (κ2) is 11.2. The van der Waals surface area contributed by atoms with Crippen LogP contribution in [0.25, 0.3) is 0 Å². The first kappa shape index (κ1) is 25.8. The lowest BCUT2D eigenvalue weighted by Gasteiger charge is -2.52. The zero-order valence-electron chi connectivity index (χ0n) is 21.8. The van der Waals surface area contributed by atoms with E-state index in [1.54, 1.807) is 6.07 Å². The second-order valence-corrected chi connectivity index (χ2v) is 11.8. The van der Waals surface area contributed by atoms with E-state index in [2.05, 4.69) is 26.0 Å². The summed E-state index contributed by atoms with van der Waals surface area (Å²) in [5.41, 5.74) is 1.63. The van der Waals surface area contributed by atoms with Crippen LogP contribution < -0.4 is 4.74 Å². The molecule has 4 heteroatoms. The number of carbonyl (C=O) groups is 1. The van der Waals surface area contributed by atoms with Gasteiger partial charge in [0.15, 0.2) is 0 Å². The maximum absolute atomic E-state index is 13.4. The van der Waals surface area contributed by atoms with Crippen LogP contribution in [0.3, 0.4) is 0 Å². The number of hydrogen-bond donors (Lipinski definition) is 0. The molecule has 35 heavy (non-hydrogen) atoms. The molecule has 2 bridgehead atoms. The highest BCUT2D eigenvalue weighted by atomic mass is 16.5. The van der Waals surface area contributed by atoms with Crippen molar-refractivity contribution in [2.24, 2.45) is 16.7 Å². The Kier molecular flexibility index (Phi) is 8.21. The molecule has 0 saturated heterocycles. The summed E-state index contributed by atoms with van der Waals surface area (Å²) < 4.78 is 5.95. The van der Waals surface area contributed by atoms with Crippen molar-refractivity contribution < 1.29 is 9.53 Å². The van der Waals surface area contributed by atoms with E-state index in [0.29, 0.717) is 16.9 Å². The topological polar surface area (TPSA) is 73.9 Å². The molecule has 4 aliphatic rings. The summed E-state index contributed by atoms with van der Waals surface area (Å²) >= 11 is 0. The number of ether oxygens (including phenoxy) is 1. The predicted octanol–water partition coefficient (Wildman–Crippen LogP) is 8.33. The Bertz CT molecular complexity index is 966. The van der Waals surface area contributed by atoms with E-state index in [1.165, 1.54) is 51.4 Å². The van der Waals surface area contributed by atoms with Gasteiger partial charge in [0.05, 0.1) is 11.0 Å². The van der Waals surface area contributed by atoms with Crippen molar-refractivity contribution in [3.05, 3.63) is 28.8 Å². The Hall–Kier alpha value is -2.33. The van der Waals surface area contributed by atoms with Gasteiger partial charge in [-0.1, -0.05) is 52.0 Å². The van der Waals surface area contributed by atoms with E-state index in [9.17, 15) is 15.3 Å². The normalized spacial score (nSPS) is 29.8. The van der Waals surface area contributed by atoms with E-state index in [0.717, 1.165) is 62.8 Å². The minimum atomic E-state index is -0.414. The summed E-state index contributed by atoms with van der Waals surface area (Å²) in [6, 6.07) is 8.23. The van der Waals surface area contributed by atoms with Gasteiger partial charge in [0.2, 0.25) is 0 Å². The van der Waals surface area contributed by atoms with Crippen LogP contribution in [-0.4, -0.2) is 5.97 Å². The number of carbonyl (C=O) groups excluding carboxylic acids is 1. The second-order valence-electron chi connectivity index (χ2n) is 11.8. The third-order valence-electron chi connectivity index (χ3n) is 9.75. The lowest BCUT2D eigenvalue weighted by molar-refractivity contribution is -0.156. The summed E-state index contributed by atoms with van der Waals surface area (Å²) in [4.78, 5) is 13.4. The number of nitrogens with zero attached hydrogens (tertiary/aromatic N) is 2. The molecule has 0 aromatic heterocycles. The molecular formula is C31H42N2O2. The molecule has 0 spiro atoms. The highest BCUT2D eigenvalue weighted by molar-refractivity contribution is 5.80. The first-order valence-electron chi connectivity index (χ1n) is 14.2. The molecule has 4 fully saturated rings. The van der Waals surface area contributed by atoms with E-state index in [-0.39, 0.29) is 17.3 Å². The molecule has 4 nitrogen and oxygen atoms in total. The van der Waals surface area contributed by atoms with Crippen LogP contribution in [0, 0.1) is 39.4 Å². The molecule has 0 amide bonds. The van der Waals surface area contributed by atoms with Gasteiger partial charge < -0.3 is 4.74 Å². The molecule has 0 unspecified atom stereocenters. The van der Waals surface area contributed by atoms with Gasteiger partial charge in [-0.2, -0.15) is 10.5 Å². The Morgan fingerprint density at radius 1 is 0.914 bits per heavy atom. The monoisotopic (exact) mass is 474 g/mol. The quantitative estimate of drug-likeness (QED) is 0.205. The van der Waals surface area contributed by atoms with Crippen LogP contribution in [0.15, 0.2) is 12.1 Å². The van der Waals surface area contributed by atoms with Crippen molar-refractivity contribution in [2.45, 2.75) is 122 Å². The van der Waals surface area contributed by atoms with Crippen molar-refractivity contribution in [3.63, 3.8) is 0 Å². The zero-order chi connectivity index (χ0) is 24.9. The summed E-state index contributed by atoms with van der Waals surface area (Å²) in [6.45, 7) is 4.49. The van der Waals surface area contributed by atoms with Crippen LogP contribution in [-0.2, 0) is 4.79 Å². The Morgan fingerprint density at radius 3 is 2.14 bits per heavy atom. The number of nitriles is 2. The van der Waals surface area contributed by atoms with Gasteiger partial charge >= 0.3 is 5.97 Å². The van der Waals surface area contributed by atoms with Crippen molar-refractivity contribution in [1.82, 2.24) is 0 Å². The van der Waals surface area contributed by atoms with E-state index in [4.69, 9.17) is 4.74 Å². The number of hydrogen-bond acceptors (Lipinski definition) is 4. The number of rotatable bonds is 9. The van der Waals surface area contributed by atoms with Gasteiger partial charge in [-0.15, -0.1) is 0 Å². The van der Waals surface area contributed by atoms with Gasteiger partial charge in [0.25, 0.3) is 0 Å². The predicted molar refractivity (Wildman–Crippen MR) is 138 cm³/mol. The summed E-state index contributed by atoms with van der Waals surface area (Å²) in [5.74, 6) is 1.18. The first-order valence-corrected chi connectivity index (χ1v) is 14.2. The molecule has 0 aliphatic heterocycles. The Morgan fingerprint density at radius 2 is 1.57 bits per heavy atom. The molecule has 188 valence electrons. The fourth-order valence-corrected chi connectivity index (χ4v) is 7.33. The van der Waals surface area contributed by atoms with Crippen LogP contribution in [0.4, 0.5) is 0 Å². The maximum atomic E-state index is 13.4. The van der Waals surface area contributed by atoms with E-state index in [1.807, 2.05) is 6.07 Å². The largest absolute Gasteiger partial charge is 0.425 e. The highest BCUT2D eigenvalue weighted by Gasteiger charge is 2.53. The van der Waals surface area contributed by atoms with Crippen molar-refractivity contribution in [3.8, 4) is 17.9 Å². The molecule has 0 heterocycles. The van der Waals surface area contributed by atoms with E-state index < -0.39 is 5.41 Å². The maximum Gasteiger partial charge on any atom is 0.317 e. The van der Waals surface area contributed by atoms with Crippen LogP contribution >= 0.6 is 0 Å². The molecule has 1 aromatic carbocycles. The molecule has 4 aliphatic carbocycles. The molecule has 4 saturated carbocycles. The van der Waals surface area contributed by atoms with Gasteiger partial charge in [0, 0.05) is 0 Å². The number of unbranched alkanes of at least 4 members (excludes halogenated alkanes) is 2. The summed E-state index contributed by atoms with van der Waals surface area (Å²) in [7, 11) is 0. The van der Waals surface area contributed by atoms with Crippen molar-refractivity contribution in [2.75, 3.05) is 0 Å². The smallest absolute Gasteiger partial charge is 0.317 e. The van der Waals surface area contributed by atoms with Crippen LogP contribution in [0.1, 0.15) is 139 Å². The van der Waals surface area contributed by atoms with Crippen LogP contribution in [0.2, 0.25) is 0 Å². The van der Waals surface area contributed by atoms with Crippen LogP contribution in [0.5, 0.6) is 5.75 Å². The Labute approximate surface area is 212 Å². The van der Waals surface area contributed by atoms with Crippen molar-refractivity contribution >= 4 is 5.97 Å². The van der Waals surface area contributed by atoms with Gasteiger partial charge in [-0.25, -0.2) is 0 Å². The standard InChI is InChI=1S/C31H42N2O2/c1-3-5-6-14-30-15-18-31(19-16-30,20-17-30)29(34)35-28-13-12-25(26(21-32)27(28)22-33)24-10-8-23(7-4-2)9-11-24/h12-13,23-24H,3-11,14-20H2,1-2H3. The average molecular weight is 475 g/mol. The van der Waals surface area contributed by atoms with E-state index >= 15 is 0 Å². The fraction of sp³-hybridized carbons (Fsp3) is 0.710. The average Bonchev–Trinajstić information content (AvgIpc) is 2.90.